The molecule has 1 aliphatic carbocycles. The second kappa shape index (κ2) is 10.5. The Labute approximate surface area is 231 Å². The Morgan fingerprint density at radius 3 is 2.49 bits per heavy atom. The maximum absolute atomic E-state index is 14.5. The van der Waals surface area contributed by atoms with E-state index in [9.17, 15) is 32.6 Å². The lowest BCUT2D eigenvalue weighted by Crippen LogP contribution is -2.52. The average molecular weight is 578 g/mol. The van der Waals surface area contributed by atoms with Crippen molar-refractivity contribution >= 4 is 5.91 Å². The fraction of sp³-hybridized carbons (Fsp3) is 0.357. The molecule has 41 heavy (non-hydrogen) atoms. The van der Waals surface area contributed by atoms with Crippen LogP contribution < -0.4 is 25.3 Å². The number of aliphatic hydroxyl groups is 2. The van der Waals surface area contributed by atoms with Gasteiger partial charge in [-0.2, -0.15) is 13.2 Å². The first-order valence-electron chi connectivity index (χ1n) is 12.6. The van der Waals surface area contributed by atoms with Gasteiger partial charge in [-0.1, -0.05) is 0 Å². The quantitative estimate of drug-likeness (QED) is 0.285. The minimum Gasteiger partial charge on any atom is -0.493 e. The lowest BCUT2D eigenvalue weighted by atomic mass is 9.88. The smallest absolute Gasteiger partial charge is 0.424 e. The number of rotatable bonds is 9. The van der Waals surface area contributed by atoms with Crippen LogP contribution in [0.5, 0.6) is 17.2 Å². The van der Waals surface area contributed by atoms with Gasteiger partial charge in [0.15, 0.2) is 17.2 Å². The van der Waals surface area contributed by atoms with Gasteiger partial charge < -0.3 is 35.5 Å². The minimum absolute atomic E-state index is 0.00827. The summed E-state index contributed by atoms with van der Waals surface area (Å²) in [5.41, 5.74) is -0.00339. The number of amides is 1. The molecule has 1 fully saturated rings. The molecule has 1 saturated carbocycles. The molecule has 13 heteroatoms. The van der Waals surface area contributed by atoms with Crippen LogP contribution in [0.3, 0.4) is 0 Å². The predicted octanol–water partition coefficient (Wildman–Crippen LogP) is 3.16. The third-order valence-corrected chi connectivity index (χ3v) is 7.02. The van der Waals surface area contributed by atoms with Crippen LogP contribution in [-0.4, -0.2) is 60.3 Å². The Balaban J connectivity index is 1.51. The van der Waals surface area contributed by atoms with Gasteiger partial charge in [0.25, 0.3) is 5.91 Å². The summed E-state index contributed by atoms with van der Waals surface area (Å²) in [6, 6.07) is 9.78. The van der Waals surface area contributed by atoms with Crippen molar-refractivity contribution in [2.75, 3.05) is 26.9 Å². The molecule has 2 aliphatic rings. The van der Waals surface area contributed by atoms with Gasteiger partial charge in [0.05, 0.1) is 32.1 Å². The van der Waals surface area contributed by atoms with Crippen LogP contribution in [-0.2, 0) is 11.1 Å². The highest BCUT2D eigenvalue weighted by molar-refractivity contribution is 5.95. The van der Waals surface area contributed by atoms with Crippen molar-refractivity contribution in [3.05, 3.63) is 71.2 Å². The van der Waals surface area contributed by atoms with Crippen molar-refractivity contribution in [3.63, 3.8) is 0 Å². The third-order valence-electron chi connectivity index (χ3n) is 7.02. The van der Waals surface area contributed by atoms with Gasteiger partial charge in [-0.05, 0) is 61.4 Å². The average Bonchev–Trinajstić information content (AvgIpc) is 3.71. The number of ether oxygens (including phenoxy) is 3. The number of fused-ring (bicyclic) bond motifs is 1. The fourth-order valence-electron chi connectivity index (χ4n) is 4.39. The minimum atomic E-state index is -5.32. The number of benzene rings is 2. The summed E-state index contributed by atoms with van der Waals surface area (Å²) in [6.07, 6.45) is -3.50. The van der Waals surface area contributed by atoms with Crippen molar-refractivity contribution in [2.24, 2.45) is 5.73 Å². The molecular weight excluding hydrogens is 550 g/mol. The highest BCUT2D eigenvalue weighted by Gasteiger charge is 2.57. The first-order chi connectivity index (χ1) is 19.4. The number of carbonyl (C=O) groups excluding carboxylic acids is 1. The van der Waals surface area contributed by atoms with E-state index >= 15 is 0 Å². The molecule has 2 aromatic carbocycles. The molecule has 2 heterocycles. The van der Waals surface area contributed by atoms with Gasteiger partial charge in [0.2, 0.25) is 5.60 Å². The second-order valence-corrected chi connectivity index (χ2v) is 10.1. The SMILES string of the molecule is COc1cc(C(=O)NC[C@](O)(c2cc3c(c(-c4ccc(F)cc4)n2)OCC3(N)CO)C(F)(F)F)ccc1OC1CC1. The Morgan fingerprint density at radius 2 is 1.88 bits per heavy atom. The van der Waals surface area contributed by atoms with Gasteiger partial charge in [0.1, 0.15) is 23.7 Å². The normalized spacial score (nSPS) is 19.6. The van der Waals surface area contributed by atoms with E-state index in [1.807, 2.05) is 0 Å². The van der Waals surface area contributed by atoms with Crippen LogP contribution in [0.1, 0.15) is 34.5 Å². The summed E-state index contributed by atoms with van der Waals surface area (Å²) in [4.78, 5) is 17.0. The highest BCUT2D eigenvalue weighted by atomic mass is 19.4. The lowest BCUT2D eigenvalue weighted by Gasteiger charge is -2.31. The molecule has 1 unspecified atom stereocenters. The molecule has 9 nitrogen and oxygen atoms in total. The standard InChI is InChI=1S/C28H27F4N3O6/c1-39-21-10-16(4-9-20(21)41-18-7-8-18)25(37)34-12-27(38,28(30,31)32)22-11-19-24(40-14-26(19,33)13-36)23(35-22)15-2-5-17(29)6-3-15/h2-6,9-11,18,36,38H,7-8,12-14,33H2,1H3,(H,34,37)/t26?,27-/m0/s1. The topological polar surface area (TPSA) is 136 Å². The molecular formula is C28H27F4N3O6. The van der Waals surface area contributed by atoms with Gasteiger partial charge in [-0.15, -0.1) is 0 Å². The number of hydrogen-bond donors (Lipinski definition) is 4. The van der Waals surface area contributed by atoms with Crippen molar-refractivity contribution in [2.45, 2.75) is 36.3 Å². The zero-order valence-corrected chi connectivity index (χ0v) is 21.8. The van der Waals surface area contributed by atoms with Crippen LogP contribution >= 0.6 is 0 Å². The molecule has 218 valence electrons. The fourth-order valence-corrected chi connectivity index (χ4v) is 4.39. The summed E-state index contributed by atoms with van der Waals surface area (Å²) in [6.45, 7) is -2.28. The van der Waals surface area contributed by atoms with Crippen molar-refractivity contribution in [1.82, 2.24) is 10.3 Å². The van der Waals surface area contributed by atoms with Crippen molar-refractivity contribution < 1.29 is 46.8 Å². The first-order valence-corrected chi connectivity index (χ1v) is 12.6. The van der Waals surface area contributed by atoms with Gasteiger partial charge in [-0.25, -0.2) is 9.37 Å². The predicted molar refractivity (Wildman–Crippen MR) is 137 cm³/mol. The molecule has 1 aliphatic heterocycles. The number of aliphatic hydroxyl groups excluding tert-OH is 1. The number of hydrogen-bond acceptors (Lipinski definition) is 8. The zero-order chi connectivity index (χ0) is 29.6. The summed E-state index contributed by atoms with van der Waals surface area (Å²) in [5, 5.41) is 23.1. The Morgan fingerprint density at radius 1 is 1.17 bits per heavy atom. The number of methoxy groups -OCH3 is 1. The Hall–Kier alpha value is -3.94. The van der Waals surface area contributed by atoms with Crippen molar-refractivity contribution in [1.29, 1.82) is 0 Å². The van der Waals surface area contributed by atoms with E-state index in [4.69, 9.17) is 19.9 Å². The molecule has 1 amide bonds. The zero-order valence-electron chi connectivity index (χ0n) is 21.8. The second-order valence-electron chi connectivity index (χ2n) is 10.1. The molecule has 0 spiro atoms. The van der Waals surface area contributed by atoms with Crippen LogP contribution in [0.15, 0.2) is 48.5 Å². The molecule has 2 atom stereocenters. The van der Waals surface area contributed by atoms with E-state index in [2.05, 4.69) is 10.3 Å². The first kappa shape index (κ1) is 28.6. The number of nitrogens with one attached hydrogen (secondary N) is 1. The van der Waals surface area contributed by atoms with Crippen LogP contribution in [0.4, 0.5) is 17.6 Å². The number of pyridine rings is 1. The van der Waals surface area contributed by atoms with Gasteiger partial charge in [0, 0.05) is 16.7 Å². The molecule has 0 saturated heterocycles. The van der Waals surface area contributed by atoms with E-state index in [0.29, 0.717) is 5.75 Å². The number of carbonyl (C=O) groups is 1. The van der Waals surface area contributed by atoms with Gasteiger partial charge in [-0.3, -0.25) is 4.79 Å². The van der Waals surface area contributed by atoms with E-state index < -0.39 is 47.9 Å². The Kier molecular flexibility index (Phi) is 7.30. The van der Waals surface area contributed by atoms with Crippen molar-refractivity contribution in [3.8, 4) is 28.5 Å². The van der Waals surface area contributed by atoms with E-state index in [-0.39, 0.29) is 46.6 Å². The highest BCUT2D eigenvalue weighted by Crippen LogP contribution is 2.46. The monoisotopic (exact) mass is 577 g/mol. The van der Waals surface area contributed by atoms with Crippen LogP contribution in [0.25, 0.3) is 11.3 Å². The number of nitrogens with two attached hydrogens (primary N) is 1. The number of alkyl halides is 3. The molecule has 5 rings (SSSR count). The Bertz CT molecular complexity index is 1460. The number of aromatic nitrogens is 1. The van der Waals surface area contributed by atoms with E-state index in [1.165, 1.54) is 37.4 Å². The number of halogens is 4. The number of nitrogens with zero attached hydrogens (tertiary/aromatic N) is 1. The molecule has 0 bridgehead atoms. The maximum Gasteiger partial charge on any atom is 0.424 e. The summed E-state index contributed by atoms with van der Waals surface area (Å²) in [7, 11) is 1.37. The van der Waals surface area contributed by atoms with Crippen LogP contribution in [0, 0.1) is 5.82 Å². The molecule has 3 aromatic rings. The third kappa shape index (κ3) is 5.39. The summed E-state index contributed by atoms with van der Waals surface area (Å²) in [5.74, 6) is -0.903. The summed E-state index contributed by atoms with van der Waals surface area (Å²) < 4.78 is 73.7. The lowest BCUT2D eigenvalue weighted by molar-refractivity contribution is -0.265. The molecule has 1 aromatic heterocycles. The van der Waals surface area contributed by atoms with E-state index in [1.54, 1.807) is 0 Å². The molecule has 0 radical (unpaired) electrons. The summed E-state index contributed by atoms with van der Waals surface area (Å²) >= 11 is 0. The largest absolute Gasteiger partial charge is 0.493 e. The van der Waals surface area contributed by atoms with E-state index in [0.717, 1.165) is 31.0 Å². The van der Waals surface area contributed by atoms with Gasteiger partial charge >= 0.3 is 6.18 Å². The van der Waals surface area contributed by atoms with Crippen LogP contribution in [0.2, 0.25) is 0 Å². The maximum atomic E-state index is 14.5. The molecule has 5 N–H and O–H groups in total.